The van der Waals surface area contributed by atoms with Gasteiger partial charge in [0.05, 0.1) is 10.8 Å². The van der Waals surface area contributed by atoms with E-state index in [0.717, 1.165) is 43.0 Å². The first-order valence-electron chi connectivity index (χ1n) is 13.3. The molecule has 0 N–H and O–H groups in total. The molecule has 0 unspecified atom stereocenters. The summed E-state index contributed by atoms with van der Waals surface area (Å²) >= 11 is 3.25. The first-order chi connectivity index (χ1) is 18.0. The van der Waals surface area contributed by atoms with Crippen LogP contribution < -0.4 is 0 Å². The topological polar surface area (TPSA) is 45.6 Å². The number of hydrogen-bond donors (Lipinski definition) is 0. The number of amides is 1. The monoisotopic (exact) mass is 533 g/mol. The maximum atomic E-state index is 13.7. The number of allylic oxidation sites excluding steroid dienone is 3. The van der Waals surface area contributed by atoms with E-state index in [-0.39, 0.29) is 23.8 Å². The van der Waals surface area contributed by atoms with Gasteiger partial charge in [0.2, 0.25) is 5.91 Å². The molecule has 0 bridgehead atoms. The summed E-state index contributed by atoms with van der Waals surface area (Å²) in [5.41, 5.74) is 5.87. The van der Waals surface area contributed by atoms with Crippen LogP contribution in [-0.2, 0) is 17.6 Å². The Bertz CT molecular complexity index is 1400. The van der Waals surface area contributed by atoms with Crippen LogP contribution in [0.25, 0.3) is 15.0 Å². The van der Waals surface area contributed by atoms with Crippen molar-refractivity contribution in [3.05, 3.63) is 75.3 Å². The second kappa shape index (κ2) is 10.6. The summed E-state index contributed by atoms with van der Waals surface area (Å²) in [6.07, 6.45) is 12.3. The minimum atomic E-state index is -0.146. The summed E-state index contributed by atoms with van der Waals surface area (Å²) in [6, 6.07) is 4.33. The van der Waals surface area contributed by atoms with E-state index in [1.807, 2.05) is 43.2 Å². The largest absolute Gasteiger partial charge is 0.343 e. The lowest BCUT2D eigenvalue weighted by Crippen LogP contribution is -2.48. The summed E-state index contributed by atoms with van der Waals surface area (Å²) in [4.78, 5) is 32.0. The molecule has 3 aromatic rings. The number of carbonyl (C=O) groups is 2. The van der Waals surface area contributed by atoms with E-state index >= 15 is 0 Å². The lowest BCUT2D eigenvalue weighted by molar-refractivity contribution is -0.134. The zero-order valence-electron chi connectivity index (χ0n) is 22.3. The van der Waals surface area contributed by atoms with Gasteiger partial charge in [-0.05, 0) is 61.5 Å². The highest BCUT2D eigenvalue weighted by molar-refractivity contribution is 7.27. The molecule has 7 heteroatoms. The SMILES string of the molecule is CC.CCN(CC)C(=O)[C@@H]1C=C2C3=CC=CCc4c3c(cn4C(=O)c3cc4sccc4s3)C[C@H]2N(C)C1. The lowest BCUT2D eigenvalue weighted by atomic mass is 9.77. The predicted molar refractivity (Wildman–Crippen MR) is 156 cm³/mol. The fourth-order valence-corrected chi connectivity index (χ4v) is 7.89. The van der Waals surface area contributed by atoms with Crippen molar-refractivity contribution in [2.24, 2.45) is 5.92 Å². The Balaban J connectivity index is 0.00000137. The van der Waals surface area contributed by atoms with Gasteiger partial charge in [-0.1, -0.05) is 38.2 Å². The van der Waals surface area contributed by atoms with Crippen molar-refractivity contribution in [2.45, 2.75) is 46.6 Å². The number of aromatic nitrogens is 1. The predicted octanol–water partition coefficient (Wildman–Crippen LogP) is 6.26. The third-order valence-corrected chi connectivity index (χ3v) is 9.69. The van der Waals surface area contributed by atoms with Crippen molar-refractivity contribution >= 4 is 49.5 Å². The number of thiophene rings is 2. The van der Waals surface area contributed by atoms with Crippen molar-refractivity contribution in [1.82, 2.24) is 14.4 Å². The lowest BCUT2D eigenvalue weighted by Gasteiger charge is -2.41. The van der Waals surface area contributed by atoms with Gasteiger partial charge >= 0.3 is 0 Å². The van der Waals surface area contributed by atoms with E-state index in [4.69, 9.17) is 0 Å². The van der Waals surface area contributed by atoms with E-state index in [1.165, 1.54) is 31.7 Å². The van der Waals surface area contributed by atoms with Crippen LogP contribution in [0.15, 0.2) is 53.6 Å². The number of fused-ring (bicyclic) bond motifs is 3. The third kappa shape index (κ3) is 4.37. The molecule has 194 valence electrons. The summed E-state index contributed by atoms with van der Waals surface area (Å²) in [7, 11) is 2.12. The van der Waals surface area contributed by atoms with Crippen molar-refractivity contribution in [3.63, 3.8) is 0 Å². The molecular weight excluding hydrogens is 498 g/mol. The summed E-state index contributed by atoms with van der Waals surface area (Å²) in [6.45, 7) is 10.3. The fourth-order valence-electron chi connectivity index (χ4n) is 5.84. The second-order valence-electron chi connectivity index (χ2n) is 9.52. The van der Waals surface area contributed by atoms with Crippen LogP contribution in [0.1, 0.15) is 54.2 Å². The first kappa shape index (κ1) is 25.9. The van der Waals surface area contributed by atoms with Gasteiger partial charge in [0.1, 0.15) is 0 Å². The molecule has 3 aliphatic rings. The summed E-state index contributed by atoms with van der Waals surface area (Å²) < 4.78 is 4.23. The molecule has 1 aliphatic heterocycles. The normalized spacial score (nSPS) is 20.2. The molecule has 3 aromatic heterocycles. The molecular formula is C30H35N3O2S2. The van der Waals surface area contributed by atoms with Crippen LogP contribution in [0.5, 0.6) is 0 Å². The van der Waals surface area contributed by atoms with E-state index < -0.39 is 0 Å². The van der Waals surface area contributed by atoms with Gasteiger partial charge in [0.25, 0.3) is 5.91 Å². The Hall–Kier alpha value is -2.74. The number of carbonyl (C=O) groups excluding carboxylic acids is 2. The highest BCUT2D eigenvalue weighted by Gasteiger charge is 2.39. The zero-order chi connectivity index (χ0) is 26.3. The highest BCUT2D eigenvalue weighted by Crippen LogP contribution is 2.44. The number of likely N-dealkylation sites (N-methyl/N-ethyl adjacent to an activating group) is 1. The Morgan fingerprint density at radius 3 is 2.68 bits per heavy atom. The molecule has 1 amide bonds. The van der Waals surface area contributed by atoms with E-state index in [1.54, 1.807) is 22.7 Å². The third-order valence-electron chi connectivity index (χ3n) is 7.61. The smallest absolute Gasteiger partial charge is 0.272 e. The van der Waals surface area contributed by atoms with E-state index in [9.17, 15) is 9.59 Å². The molecule has 0 aromatic carbocycles. The second-order valence-corrected chi connectivity index (χ2v) is 11.6. The Kier molecular flexibility index (Phi) is 7.39. The molecule has 4 heterocycles. The van der Waals surface area contributed by atoms with Gasteiger partial charge in [-0.15, -0.1) is 22.7 Å². The molecule has 0 saturated heterocycles. The average Bonchev–Trinajstić information content (AvgIpc) is 3.57. The maximum absolute atomic E-state index is 13.7. The van der Waals surface area contributed by atoms with Crippen LogP contribution in [0, 0.1) is 5.92 Å². The van der Waals surface area contributed by atoms with Crippen molar-refractivity contribution in [2.75, 3.05) is 26.7 Å². The van der Waals surface area contributed by atoms with Gasteiger partial charge < -0.3 is 4.90 Å². The van der Waals surface area contributed by atoms with Gasteiger partial charge in [0, 0.05) is 59.0 Å². The highest BCUT2D eigenvalue weighted by atomic mass is 32.1. The zero-order valence-corrected chi connectivity index (χ0v) is 23.9. The number of rotatable bonds is 4. The molecule has 0 spiro atoms. The molecule has 5 nitrogen and oxygen atoms in total. The van der Waals surface area contributed by atoms with Crippen molar-refractivity contribution in [3.8, 4) is 0 Å². The molecule has 0 fully saturated rings. The standard InChI is InChI=1S/C28H29N3O2S2.C2H6/c1-4-30(5-2)27(32)18-12-20-19-8-6-7-9-21-26(19)17(13-22(20)29(3)15-18)16-31(21)28(33)25-14-24-23(35-25)10-11-34-24;1-2/h6-8,10-12,14,16,18,22H,4-5,9,13,15H2,1-3H3;1-2H3/t18-,22-;/m1./s1. The molecule has 37 heavy (non-hydrogen) atoms. The molecule has 0 radical (unpaired) electrons. The van der Waals surface area contributed by atoms with Gasteiger partial charge in [0.15, 0.2) is 0 Å². The Morgan fingerprint density at radius 2 is 1.95 bits per heavy atom. The average molecular weight is 534 g/mol. The van der Waals surface area contributed by atoms with E-state index in [0.29, 0.717) is 0 Å². The van der Waals surface area contributed by atoms with Crippen LogP contribution in [0.3, 0.4) is 0 Å². The molecule has 2 atom stereocenters. The molecule has 2 aliphatic carbocycles. The quantitative estimate of drug-likeness (QED) is 0.398. The number of nitrogens with zero attached hydrogens (tertiary/aromatic N) is 3. The Labute approximate surface area is 227 Å². The number of hydrogen-bond acceptors (Lipinski definition) is 5. The van der Waals surface area contributed by atoms with E-state index in [2.05, 4.69) is 53.9 Å². The van der Waals surface area contributed by atoms with Crippen LogP contribution in [0.4, 0.5) is 0 Å². The van der Waals surface area contributed by atoms with Gasteiger partial charge in [-0.2, -0.15) is 0 Å². The van der Waals surface area contributed by atoms with Gasteiger partial charge in [-0.3, -0.25) is 19.1 Å². The molecule has 0 saturated carbocycles. The maximum Gasteiger partial charge on any atom is 0.272 e. The summed E-state index contributed by atoms with van der Waals surface area (Å²) in [5.74, 6) is 0.110. The fraction of sp³-hybridized carbons (Fsp3) is 0.400. The minimum absolute atomic E-state index is 0.0531. The van der Waals surface area contributed by atoms with Crippen LogP contribution >= 0.6 is 22.7 Å². The first-order valence-corrected chi connectivity index (χ1v) is 15.0. The van der Waals surface area contributed by atoms with Crippen LogP contribution in [0.2, 0.25) is 0 Å². The Morgan fingerprint density at radius 1 is 1.16 bits per heavy atom. The van der Waals surface area contributed by atoms with Gasteiger partial charge in [-0.25, -0.2) is 0 Å². The van der Waals surface area contributed by atoms with Crippen molar-refractivity contribution < 1.29 is 9.59 Å². The summed E-state index contributed by atoms with van der Waals surface area (Å²) in [5, 5.41) is 2.07. The van der Waals surface area contributed by atoms with Crippen molar-refractivity contribution in [1.29, 1.82) is 0 Å². The minimum Gasteiger partial charge on any atom is -0.343 e. The molecule has 6 rings (SSSR count). The van der Waals surface area contributed by atoms with Crippen LogP contribution in [-0.4, -0.2) is 58.9 Å².